The summed E-state index contributed by atoms with van der Waals surface area (Å²) < 4.78 is 32.5. The molecule has 0 spiro atoms. The van der Waals surface area contributed by atoms with Crippen LogP contribution in [0.4, 0.5) is 14.5 Å². The van der Waals surface area contributed by atoms with Gasteiger partial charge < -0.3 is 9.73 Å². The third kappa shape index (κ3) is 3.37. The van der Waals surface area contributed by atoms with E-state index in [1.54, 1.807) is 0 Å². The number of nitro groups is 1. The highest BCUT2D eigenvalue weighted by Gasteiger charge is 2.24. The van der Waals surface area contributed by atoms with Gasteiger partial charge in [0.2, 0.25) is 11.7 Å². The Labute approximate surface area is 118 Å². The van der Waals surface area contributed by atoms with Gasteiger partial charge in [-0.05, 0) is 6.07 Å². The van der Waals surface area contributed by atoms with Crippen molar-refractivity contribution in [3.63, 3.8) is 0 Å². The number of nitrogens with one attached hydrogen (secondary N) is 1. The van der Waals surface area contributed by atoms with Gasteiger partial charge in [0.05, 0.1) is 23.1 Å². The Morgan fingerprint density at radius 3 is 2.71 bits per heavy atom. The highest BCUT2D eigenvalue weighted by molar-refractivity contribution is 5.59. The first-order chi connectivity index (χ1) is 9.88. The number of benzene rings is 1. The van der Waals surface area contributed by atoms with Gasteiger partial charge in [-0.15, -0.1) is 10.2 Å². The van der Waals surface area contributed by atoms with E-state index in [-0.39, 0.29) is 24.4 Å². The maximum Gasteiger partial charge on any atom is 0.308 e. The minimum Gasteiger partial charge on any atom is -0.419 e. The molecular formula is C12H12F2N4O3. The van der Waals surface area contributed by atoms with Gasteiger partial charge in [-0.1, -0.05) is 13.8 Å². The molecule has 0 unspecified atom stereocenters. The summed E-state index contributed by atoms with van der Waals surface area (Å²) in [7, 11) is 0. The summed E-state index contributed by atoms with van der Waals surface area (Å²) >= 11 is 0. The Hall–Kier alpha value is -2.42. The topological polar surface area (TPSA) is 94.1 Å². The van der Waals surface area contributed by atoms with Crippen LogP contribution in [-0.4, -0.2) is 21.2 Å². The van der Waals surface area contributed by atoms with Gasteiger partial charge >= 0.3 is 5.69 Å². The largest absolute Gasteiger partial charge is 0.419 e. The fourth-order valence-corrected chi connectivity index (χ4v) is 1.59. The summed E-state index contributed by atoms with van der Waals surface area (Å²) in [6.07, 6.45) is 0. The van der Waals surface area contributed by atoms with Gasteiger partial charge in [0.15, 0.2) is 0 Å². The number of nitro benzene ring substituents is 1. The lowest BCUT2D eigenvalue weighted by Crippen LogP contribution is -2.21. The molecule has 0 bridgehead atoms. The predicted molar refractivity (Wildman–Crippen MR) is 68.3 cm³/mol. The van der Waals surface area contributed by atoms with Crippen molar-refractivity contribution in [2.75, 3.05) is 0 Å². The zero-order valence-electron chi connectivity index (χ0n) is 11.3. The van der Waals surface area contributed by atoms with Crippen LogP contribution in [0.25, 0.3) is 11.5 Å². The van der Waals surface area contributed by atoms with Crippen LogP contribution in [0.15, 0.2) is 16.5 Å². The highest BCUT2D eigenvalue weighted by Crippen LogP contribution is 2.29. The third-order valence-corrected chi connectivity index (χ3v) is 2.57. The molecule has 0 amide bonds. The van der Waals surface area contributed by atoms with Crippen molar-refractivity contribution in [3.05, 3.63) is 39.8 Å². The highest BCUT2D eigenvalue weighted by atomic mass is 19.1. The number of hydrogen-bond donors (Lipinski definition) is 1. The number of halogens is 2. The molecular weight excluding hydrogens is 286 g/mol. The maximum atomic E-state index is 14.0. The maximum absolute atomic E-state index is 14.0. The van der Waals surface area contributed by atoms with Gasteiger partial charge in [0.25, 0.3) is 5.89 Å². The van der Waals surface area contributed by atoms with Gasteiger partial charge in [-0.25, -0.2) is 4.39 Å². The van der Waals surface area contributed by atoms with Crippen LogP contribution in [0, 0.1) is 21.7 Å². The van der Waals surface area contributed by atoms with E-state index in [0.29, 0.717) is 6.07 Å². The molecule has 0 radical (unpaired) electrons. The minimum absolute atomic E-state index is 0.171. The summed E-state index contributed by atoms with van der Waals surface area (Å²) in [6, 6.07) is 1.44. The molecule has 0 atom stereocenters. The fourth-order valence-electron chi connectivity index (χ4n) is 1.59. The molecule has 0 saturated carbocycles. The molecule has 21 heavy (non-hydrogen) atoms. The molecule has 0 aliphatic carbocycles. The monoisotopic (exact) mass is 298 g/mol. The van der Waals surface area contributed by atoms with Crippen molar-refractivity contribution in [1.82, 2.24) is 15.5 Å². The van der Waals surface area contributed by atoms with E-state index in [0.717, 1.165) is 6.07 Å². The summed E-state index contributed by atoms with van der Waals surface area (Å²) in [6.45, 7) is 4.07. The number of nitrogens with zero attached hydrogens (tertiary/aromatic N) is 3. The Bertz CT molecular complexity index is 673. The van der Waals surface area contributed by atoms with E-state index in [2.05, 4.69) is 15.5 Å². The van der Waals surface area contributed by atoms with Crippen LogP contribution in [0.2, 0.25) is 0 Å². The summed E-state index contributed by atoms with van der Waals surface area (Å²) in [4.78, 5) is 9.65. The molecule has 0 fully saturated rings. The number of aromatic nitrogens is 2. The molecule has 2 aromatic rings. The second-order valence-electron chi connectivity index (χ2n) is 4.58. The summed E-state index contributed by atoms with van der Waals surface area (Å²) in [5, 5.41) is 20.9. The summed E-state index contributed by atoms with van der Waals surface area (Å²) in [5.41, 5.74) is -1.42. The first-order valence-electron chi connectivity index (χ1n) is 6.08. The SMILES string of the molecule is CC(C)NCc1nnc(-c2cc(F)cc([N+](=O)[O-])c2F)o1. The lowest BCUT2D eigenvalue weighted by Gasteiger charge is -2.03. The Morgan fingerprint density at radius 2 is 2.10 bits per heavy atom. The molecule has 1 aromatic heterocycles. The van der Waals surface area contributed by atoms with Gasteiger partial charge in [-0.3, -0.25) is 10.1 Å². The molecule has 1 heterocycles. The fraction of sp³-hybridized carbons (Fsp3) is 0.333. The molecule has 9 heteroatoms. The summed E-state index contributed by atoms with van der Waals surface area (Å²) in [5.74, 6) is -2.31. The van der Waals surface area contributed by atoms with Crippen LogP contribution in [0.1, 0.15) is 19.7 Å². The van der Waals surface area contributed by atoms with Crippen LogP contribution in [0.5, 0.6) is 0 Å². The van der Waals surface area contributed by atoms with Gasteiger partial charge in [0, 0.05) is 6.04 Å². The van der Waals surface area contributed by atoms with Crippen molar-refractivity contribution in [3.8, 4) is 11.5 Å². The van der Waals surface area contributed by atoms with E-state index >= 15 is 0 Å². The lowest BCUT2D eigenvalue weighted by atomic mass is 10.2. The smallest absolute Gasteiger partial charge is 0.308 e. The molecule has 1 N–H and O–H groups in total. The van der Waals surface area contributed by atoms with Crippen LogP contribution >= 0.6 is 0 Å². The average molecular weight is 298 g/mol. The van der Waals surface area contributed by atoms with Crippen LogP contribution in [-0.2, 0) is 6.54 Å². The molecule has 2 rings (SSSR count). The quantitative estimate of drug-likeness (QED) is 0.673. The first-order valence-corrected chi connectivity index (χ1v) is 6.08. The molecule has 0 saturated heterocycles. The van der Waals surface area contributed by atoms with Crippen molar-refractivity contribution in [2.45, 2.75) is 26.4 Å². The molecule has 7 nitrogen and oxygen atoms in total. The predicted octanol–water partition coefficient (Wildman–Crippen LogP) is 2.42. The van der Waals surface area contributed by atoms with Gasteiger partial charge in [-0.2, -0.15) is 4.39 Å². The van der Waals surface area contributed by atoms with E-state index in [9.17, 15) is 18.9 Å². The second-order valence-corrected chi connectivity index (χ2v) is 4.58. The zero-order valence-corrected chi connectivity index (χ0v) is 11.3. The third-order valence-electron chi connectivity index (χ3n) is 2.57. The van der Waals surface area contributed by atoms with Crippen LogP contribution < -0.4 is 5.32 Å². The number of hydrogen-bond acceptors (Lipinski definition) is 6. The molecule has 1 aromatic carbocycles. The average Bonchev–Trinajstić information content (AvgIpc) is 2.87. The van der Waals surface area contributed by atoms with E-state index < -0.39 is 27.8 Å². The Balaban J connectivity index is 2.36. The first kappa shape index (κ1) is 15.0. The zero-order chi connectivity index (χ0) is 15.6. The van der Waals surface area contributed by atoms with E-state index in [1.165, 1.54) is 0 Å². The van der Waals surface area contributed by atoms with E-state index in [1.807, 2.05) is 13.8 Å². The Morgan fingerprint density at radius 1 is 1.38 bits per heavy atom. The van der Waals surface area contributed by atoms with E-state index in [4.69, 9.17) is 4.42 Å². The number of rotatable bonds is 5. The van der Waals surface area contributed by atoms with Crippen LogP contribution in [0.3, 0.4) is 0 Å². The van der Waals surface area contributed by atoms with Crippen molar-refractivity contribution < 1.29 is 18.1 Å². The van der Waals surface area contributed by atoms with Crippen molar-refractivity contribution in [2.24, 2.45) is 0 Å². The Kier molecular flexibility index (Phi) is 4.22. The normalized spacial score (nSPS) is 11.1. The molecule has 0 aliphatic heterocycles. The van der Waals surface area contributed by atoms with Gasteiger partial charge in [0.1, 0.15) is 5.82 Å². The lowest BCUT2D eigenvalue weighted by molar-refractivity contribution is -0.387. The molecule has 0 aliphatic rings. The van der Waals surface area contributed by atoms with Crippen molar-refractivity contribution >= 4 is 5.69 Å². The van der Waals surface area contributed by atoms with Crippen molar-refractivity contribution in [1.29, 1.82) is 0 Å². The molecule has 112 valence electrons. The second kappa shape index (κ2) is 5.92. The standard InChI is InChI=1S/C12H12F2N4O3/c1-6(2)15-5-10-16-17-12(21-10)8-3-7(13)4-9(11(8)14)18(19)20/h3-4,6,15H,5H2,1-2H3. The minimum atomic E-state index is -1.21.